The lowest BCUT2D eigenvalue weighted by molar-refractivity contribution is 0.293. The molecule has 21 heavy (non-hydrogen) atoms. The maximum atomic E-state index is 12.7. The van der Waals surface area contributed by atoms with E-state index < -0.39 is 10.0 Å². The zero-order chi connectivity index (χ0) is 14.8. The third-order valence-corrected chi connectivity index (χ3v) is 5.72. The lowest BCUT2D eigenvalue weighted by Gasteiger charge is -2.31. The molecule has 1 N–H and O–H groups in total. The van der Waals surface area contributed by atoms with Gasteiger partial charge >= 0.3 is 0 Å². The number of piperidine rings is 1. The first-order valence-electron chi connectivity index (χ1n) is 6.36. The Morgan fingerprint density at radius 1 is 1.48 bits per heavy atom. The lowest BCUT2D eigenvalue weighted by atomic mass is 10.1. The van der Waals surface area contributed by atoms with Crippen LogP contribution in [0.5, 0.6) is 0 Å². The van der Waals surface area contributed by atoms with Gasteiger partial charge in [0.25, 0.3) is 0 Å². The Morgan fingerprint density at radius 3 is 2.81 bits per heavy atom. The fourth-order valence-corrected chi connectivity index (χ4v) is 4.32. The van der Waals surface area contributed by atoms with Gasteiger partial charge in [-0.15, -0.1) is 12.4 Å². The summed E-state index contributed by atoms with van der Waals surface area (Å²) in [5.74, 6) is 0. The Morgan fingerprint density at radius 2 is 2.19 bits per heavy atom. The molecule has 1 aromatic rings. The van der Waals surface area contributed by atoms with Crippen LogP contribution in [0.25, 0.3) is 0 Å². The number of rotatable bonds is 3. The van der Waals surface area contributed by atoms with Crippen LogP contribution >= 0.6 is 24.0 Å². The molecule has 1 atom stereocenters. The summed E-state index contributed by atoms with van der Waals surface area (Å²) in [7, 11) is -1.86. The lowest BCUT2D eigenvalue weighted by Crippen LogP contribution is -2.46. The summed E-state index contributed by atoms with van der Waals surface area (Å²) < 4.78 is 26.8. The highest BCUT2D eigenvalue weighted by molar-refractivity contribution is 7.89. The number of halogens is 2. The predicted molar refractivity (Wildman–Crippen MR) is 84.3 cm³/mol. The molecular formula is C13H17Cl2N3O2S. The van der Waals surface area contributed by atoms with Gasteiger partial charge in [0.05, 0.1) is 10.6 Å². The molecule has 1 saturated heterocycles. The third kappa shape index (κ3) is 3.68. The molecule has 2 rings (SSSR count). The number of hydrogen-bond donors (Lipinski definition) is 1. The minimum Gasteiger partial charge on any atom is -0.316 e. The van der Waals surface area contributed by atoms with Gasteiger partial charge in [0.1, 0.15) is 11.0 Å². The standard InChI is InChI=1S/C13H16ClN3O2S.ClH/c1-16-10-4-3-7-17(9-10)20(18,19)13-6-2-5-12(14)11(13)8-15;/h2,5-6,10,16H,3-4,7,9H2,1H3;1H. The van der Waals surface area contributed by atoms with Crippen LogP contribution in [0.2, 0.25) is 5.02 Å². The number of nitrogens with one attached hydrogen (secondary N) is 1. The molecule has 1 aromatic carbocycles. The minimum absolute atomic E-state index is 0. The van der Waals surface area contributed by atoms with E-state index in [0.717, 1.165) is 12.8 Å². The SMILES string of the molecule is CNC1CCCN(S(=O)(=O)c2cccc(Cl)c2C#N)C1.Cl. The maximum absolute atomic E-state index is 12.7. The van der Waals surface area contributed by atoms with Crippen LogP contribution in [-0.2, 0) is 10.0 Å². The van der Waals surface area contributed by atoms with Crippen molar-refractivity contribution in [2.75, 3.05) is 20.1 Å². The van der Waals surface area contributed by atoms with E-state index in [0.29, 0.717) is 13.1 Å². The van der Waals surface area contributed by atoms with Crippen molar-refractivity contribution in [3.63, 3.8) is 0 Å². The highest BCUT2D eigenvalue weighted by atomic mass is 35.5. The van der Waals surface area contributed by atoms with E-state index in [1.54, 1.807) is 6.07 Å². The zero-order valence-electron chi connectivity index (χ0n) is 11.5. The van der Waals surface area contributed by atoms with Crippen LogP contribution in [0, 0.1) is 11.3 Å². The van der Waals surface area contributed by atoms with Crippen LogP contribution in [0.4, 0.5) is 0 Å². The van der Waals surface area contributed by atoms with Crippen molar-refractivity contribution < 1.29 is 8.42 Å². The van der Waals surface area contributed by atoms with Crippen molar-refractivity contribution in [1.29, 1.82) is 5.26 Å². The third-order valence-electron chi connectivity index (χ3n) is 3.50. The normalized spacial score (nSPS) is 19.6. The van der Waals surface area contributed by atoms with Gasteiger partial charge in [-0.2, -0.15) is 9.57 Å². The molecule has 0 bridgehead atoms. The van der Waals surface area contributed by atoms with E-state index in [9.17, 15) is 8.42 Å². The van der Waals surface area contributed by atoms with Crippen molar-refractivity contribution in [3.05, 3.63) is 28.8 Å². The van der Waals surface area contributed by atoms with E-state index in [2.05, 4.69) is 5.32 Å². The van der Waals surface area contributed by atoms with Crippen molar-refractivity contribution >= 4 is 34.0 Å². The van der Waals surface area contributed by atoms with Crippen LogP contribution in [0.1, 0.15) is 18.4 Å². The van der Waals surface area contributed by atoms with Gasteiger partial charge in [-0.1, -0.05) is 17.7 Å². The van der Waals surface area contributed by atoms with Crippen LogP contribution in [0.15, 0.2) is 23.1 Å². The smallest absolute Gasteiger partial charge is 0.244 e. The van der Waals surface area contributed by atoms with Gasteiger partial charge in [-0.05, 0) is 32.0 Å². The number of nitrogens with zero attached hydrogens (tertiary/aromatic N) is 2. The van der Waals surface area contributed by atoms with Crippen molar-refractivity contribution in [2.24, 2.45) is 0 Å². The van der Waals surface area contributed by atoms with Crippen molar-refractivity contribution in [1.82, 2.24) is 9.62 Å². The molecule has 1 aliphatic rings. The fraction of sp³-hybridized carbons (Fsp3) is 0.462. The van der Waals surface area contributed by atoms with Crippen LogP contribution in [-0.4, -0.2) is 38.9 Å². The Bertz CT molecular complexity index is 643. The molecule has 0 aromatic heterocycles. The molecule has 1 unspecified atom stereocenters. The highest BCUT2D eigenvalue weighted by Crippen LogP contribution is 2.27. The summed E-state index contributed by atoms with van der Waals surface area (Å²) in [5.41, 5.74) is 0.0146. The first-order valence-corrected chi connectivity index (χ1v) is 8.18. The molecule has 116 valence electrons. The Hall–Kier alpha value is -0.840. The average Bonchev–Trinajstić information content (AvgIpc) is 2.47. The second kappa shape index (κ2) is 7.43. The summed E-state index contributed by atoms with van der Waals surface area (Å²) in [6, 6.07) is 6.53. The second-order valence-electron chi connectivity index (χ2n) is 4.72. The monoisotopic (exact) mass is 349 g/mol. The molecular weight excluding hydrogens is 333 g/mol. The minimum atomic E-state index is -3.68. The number of hydrogen-bond acceptors (Lipinski definition) is 4. The molecule has 0 spiro atoms. The molecule has 0 aliphatic carbocycles. The van der Waals surface area contributed by atoms with E-state index in [4.69, 9.17) is 16.9 Å². The van der Waals surface area contributed by atoms with Gasteiger partial charge in [0.15, 0.2) is 0 Å². The predicted octanol–water partition coefficient (Wildman–Crippen LogP) is 2.01. The summed E-state index contributed by atoms with van der Waals surface area (Å²) in [6.07, 6.45) is 1.75. The van der Waals surface area contributed by atoms with Crippen LogP contribution < -0.4 is 5.32 Å². The van der Waals surface area contributed by atoms with Gasteiger partial charge in [-0.3, -0.25) is 0 Å². The molecule has 0 saturated carbocycles. The molecule has 1 fully saturated rings. The highest BCUT2D eigenvalue weighted by Gasteiger charge is 2.31. The maximum Gasteiger partial charge on any atom is 0.244 e. The summed E-state index contributed by atoms with van der Waals surface area (Å²) in [5, 5.41) is 12.4. The molecule has 8 heteroatoms. The number of likely N-dealkylation sites (N-methyl/N-ethyl adjacent to an activating group) is 1. The first kappa shape index (κ1) is 18.2. The zero-order valence-corrected chi connectivity index (χ0v) is 13.9. The largest absolute Gasteiger partial charge is 0.316 e. The van der Waals surface area contributed by atoms with Gasteiger partial charge in [0.2, 0.25) is 10.0 Å². The van der Waals surface area contributed by atoms with E-state index in [-0.39, 0.29) is 33.9 Å². The average molecular weight is 350 g/mol. The number of nitriles is 1. The molecule has 1 heterocycles. The quantitative estimate of drug-likeness (QED) is 0.905. The molecule has 5 nitrogen and oxygen atoms in total. The van der Waals surface area contributed by atoms with Crippen molar-refractivity contribution in [2.45, 2.75) is 23.8 Å². The Balaban J connectivity index is 0.00000220. The van der Waals surface area contributed by atoms with Gasteiger partial charge < -0.3 is 5.32 Å². The fourth-order valence-electron chi connectivity index (χ4n) is 2.36. The van der Waals surface area contributed by atoms with Gasteiger partial charge in [-0.25, -0.2) is 8.42 Å². The Kier molecular flexibility index (Phi) is 6.44. The summed E-state index contributed by atoms with van der Waals surface area (Å²) in [6.45, 7) is 0.883. The summed E-state index contributed by atoms with van der Waals surface area (Å²) >= 11 is 5.91. The Labute approximate surface area is 136 Å². The first-order chi connectivity index (χ1) is 9.50. The topological polar surface area (TPSA) is 73.2 Å². The van der Waals surface area contributed by atoms with Crippen molar-refractivity contribution in [3.8, 4) is 6.07 Å². The van der Waals surface area contributed by atoms with E-state index in [1.807, 2.05) is 13.1 Å². The van der Waals surface area contributed by atoms with E-state index in [1.165, 1.54) is 16.4 Å². The molecule has 0 radical (unpaired) electrons. The second-order valence-corrected chi connectivity index (χ2v) is 7.03. The number of sulfonamides is 1. The molecule has 1 aliphatic heterocycles. The molecule has 0 amide bonds. The van der Waals surface area contributed by atoms with E-state index >= 15 is 0 Å². The summed E-state index contributed by atoms with van der Waals surface area (Å²) in [4.78, 5) is -0.00995. The number of benzene rings is 1. The van der Waals surface area contributed by atoms with Gasteiger partial charge in [0, 0.05) is 19.1 Å². The van der Waals surface area contributed by atoms with Crippen LogP contribution in [0.3, 0.4) is 0 Å².